The lowest BCUT2D eigenvalue weighted by molar-refractivity contribution is 0.105. The lowest BCUT2D eigenvalue weighted by Crippen LogP contribution is -2.44. The minimum atomic E-state index is 0.328. The van der Waals surface area contributed by atoms with Crippen molar-refractivity contribution in [3.63, 3.8) is 0 Å². The second-order valence-corrected chi connectivity index (χ2v) is 6.57. The molecule has 1 aliphatic heterocycles. The monoisotopic (exact) mass is 228 g/mol. The molecule has 1 saturated heterocycles. The zero-order chi connectivity index (χ0) is 12.2. The van der Waals surface area contributed by atoms with Crippen molar-refractivity contribution in [2.45, 2.75) is 27.2 Å². The summed E-state index contributed by atoms with van der Waals surface area (Å²) >= 11 is 0. The van der Waals surface area contributed by atoms with Crippen molar-refractivity contribution < 1.29 is 4.74 Å². The maximum absolute atomic E-state index is 5.58. The number of nitrogens with zero attached hydrogens (tertiary/aromatic N) is 1. The zero-order valence-electron chi connectivity index (χ0n) is 11.6. The van der Waals surface area contributed by atoms with Crippen molar-refractivity contribution in [2.24, 2.45) is 10.8 Å². The second-order valence-electron chi connectivity index (χ2n) is 6.57. The van der Waals surface area contributed by atoms with Crippen LogP contribution in [0.2, 0.25) is 0 Å². The summed E-state index contributed by atoms with van der Waals surface area (Å²) in [5.74, 6) is 0. The van der Waals surface area contributed by atoms with E-state index in [2.05, 4.69) is 38.0 Å². The first kappa shape index (κ1) is 13.9. The normalized spacial score (nSPS) is 26.6. The van der Waals surface area contributed by atoms with Crippen LogP contribution in [0.25, 0.3) is 0 Å². The quantitative estimate of drug-likeness (QED) is 0.773. The van der Waals surface area contributed by atoms with E-state index in [0.29, 0.717) is 10.8 Å². The van der Waals surface area contributed by atoms with Crippen LogP contribution in [0.4, 0.5) is 0 Å². The first-order valence-electron chi connectivity index (χ1n) is 6.28. The summed E-state index contributed by atoms with van der Waals surface area (Å²) in [6.45, 7) is 12.0. The van der Waals surface area contributed by atoms with E-state index < -0.39 is 0 Å². The van der Waals surface area contributed by atoms with E-state index in [0.717, 1.165) is 32.8 Å². The van der Waals surface area contributed by atoms with Gasteiger partial charge in [0, 0.05) is 31.7 Å². The van der Waals surface area contributed by atoms with Crippen molar-refractivity contribution in [3.05, 3.63) is 0 Å². The summed E-state index contributed by atoms with van der Waals surface area (Å²) in [5, 5.41) is 3.31. The summed E-state index contributed by atoms with van der Waals surface area (Å²) < 4.78 is 5.58. The molecule has 0 amide bonds. The van der Waals surface area contributed by atoms with Crippen molar-refractivity contribution >= 4 is 0 Å². The van der Waals surface area contributed by atoms with Crippen molar-refractivity contribution in [2.75, 3.05) is 46.9 Å². The van der Waals surface area contributed by atoms with Gasteiger partial charge in [0.1, 0.15) is 0 Å². The summed E-state index contributed by atoms with van der Waals surface area (Å²) in [4.78, 5) is 2.45. The standard InChI is InChI=1S/C13H28N2O/c1-12(2,3)9-15(5)10-13(8-14-4)6-7-16-11-13/h14H,6-11H2,1-5H3. The molecular weight excluding hydrogens is 200 g/mol. The van der Waals surface area contributed by atoms with E-state index in [1.54, 1.807) is 0 Å². The average Bonchev–Trinajstić information content (AvgIpc) is 2.49. The third kappa shape index (κ3) is 4.40. The van der Waals surface area contributed by atoms with Crippen molar-refractivity contribution in [1.82, 2.24) is 10.2 Å². The van der Waals surface area contributed by atoms with Crippen molar-refractivity contribution in [3.8, 4) is 0 Å². The van der Waals surface area contributed by atoms with Gasteiger partial charge in [-0.15, -0.1) is 0 Å². The van der Waals surface area contributed by atoms with Crippen LogP contribution < -0.4 is 5.32 Å². The highest BCUT2D eigenvalue weighted by molar-refractivity contribution is 4.88. The second kappa shape index (κ2) is 5.48. The van der Waals surface area contributed by atoms with Crippen LogP contribution in [-0.4, -0.2) is 51.8 Å². The van der Waals surface area contributed by atoms with Crippen LogP contribution in [0.5, 0.6) is 0 Å². The Morgan fingerprint density at radius 3 is 2.50 bits per heavy atom. The van der Waals surface area contributed by atoms with Crippen molar-refractivity contribution in [1.29, 1.82) is 0 Å². The van der Waals surface area contributed by atoms with Gasteiger partial charge in [-0.25, -0.2) is 0 Å². The van der Waals surface area contributed by atoms with Gasteiger partial charge < -0.3 is 15.0 Å². The number of hydrogen-bond donors (Lipinski definition) is 1. The fourth-order valence-corrected chi connectivity index (χ4v) is 2.78. The molecule has 1 rings (SSSR count). The molecule has 0 bridgehead atoms. The van der Waals surface area contributed by atoms with Gasteiger partial charge in [0.25, 0.3) is 0 Å². The molecule has 96 valence electrons. The molecule has 0 saturated carbocycles. The fraction of sp³-hybridized carbons (Fsp3) is 1.00. The molecule has 1 atom stereocenters. The zero-order valence-corrected chi connectivity index (χ0v) is 11.6. The van der Waals surface area contributed by atoms with Gasteiger partial charge in [-0.2, -0.15) is 0 Å². The number of ether oxygens (including phenoxy) is 1. The molecule has 3 heteroatoms. The SMILES string of the molecule is CNCC1(CN(C)CC(C)(C)C)CCOC1. The molecule has 0 aromatic rings. The van der Waals surface area contributed by atoms with Crippen LogP contribution in [0, 0.1) is 10.8 Å². The number of hydrogen-bond acceptors (Lipinski definition) is 3. The topological polar surface area (TPSA) is 24.5 Å². The lowest BCUT2D eigenvalue weighted by Gasteiger charge is -2.35. The van der Waals surface area contributed by atoms with Crippen LogP contribution in [0.15, 0.2) is 0 Å². The van der Waals surface area contributed by atoms with Gasteiger partial charge in [0.2, 0.25) is 0 Å². The van der Waals surface area contributed by atoms with E-state index in [-0.39, 0.29) is 0 Å². The van der Waals surface area contributed by atoms with Gasteiger partial charge in [-0.05, 0) is 25.9 Å². The van der Waals surface area contributed by atoms with Gasteiger partial charge in [0.15, 0.2) is 0 Å². The lowest BCUT2D eigenvalue weighted by atomic mass is 9.85. The highest BCUT2D eigenvalue weighted by Crippen LogP contribution is 2.29. The molecule has 1 N–H and O–H groups in total. The molecule has 0 aromatic heterocycles. The maximum atomic E-state index is 5.58. The Balaban J connectivity index is 2.48. The predicted molar refractivity (Wildman–Crippen MR) is 68.7 cm³/mol. The molecule has 1 fully saturated rings. The summed E-state index contributed by atoms with van der Waals surface area (Å²) in [6, 6.07) is 0. The third-order valence-electron chi connectivity index (χ3n) is 3.09. The molecule has 3 nitrogen and oxygen atoms in total. The predicted octanol–water partition coefficient (Wildman–Crippen LogP) is 1.59. The van der Waals surface area contributed by atoms with E-state index in [9.17, 15) is 0 Å². The van der Waals surface area contributed by atoms with Crippen LogP contribution >= 0.6 is 0 Å². The van der Waals surface area contributed by atoms with E-state index in [1.807, 2.05) is 7.05 Å². The van der Waals surface area contributed by atoms with E-state index in [1.165, 1.54) is 6.42 Å². The average molecular weight is 228 g/mol. The first-order valence-corrected chi connectivity index (χ1v) is 6.28. The smallest absolute Gasteiger partial charge is 0.0547 e. The highest BCUT2D eigenvalue weighted by atomic mass is 16.5. The summed E-state index contributed by atoms with van der Waals surface area (Å²) in [6.07, 6.45) is 1.18. The molecule has 0 aliphatic carbocycles. The van der Waals surface area contributed by atoms with Crippen LogP contribution in [-0.2, 0) is 4.74 Å². The molecule has 1 unspecified atom stereocenters. The first-order chi connectivity index (χ1) is 7.37. The Labute approximate surface area is 101 Å². The number of rotatable bonds is 5. The molecule has 16 heavy (non-hydrogen) atoms. The Morgan fingerprint density at radius 2 is 2.06 bits per heavy atom. The van der Waals surface area contributed by atoms with Gasteiger partial charge in [-0.3, -0.25) is 0 Å². The Morgan fingerprint density at radius 1 is 1.38 bits per heavy atom. The molecule has 0 aromatic carbocycles. The third-order valence-corrected chi connectivity index (χ3v) is 3.09. The summed E-state index contributed by atoms with van der Waals surface area (Å²) in [7, 11) is 4.25. The minimum Gasteiger partial charge on any atom is -0.381 e. The van der Waals surface area contributed by atoms with Crippen LogP contribution in [0.1, 0.15) is 27.2 Å². The summed E-state index contributed by atoms with van der Waals surface area (Å²) in [5.41, 5.74) is 0.698. The van der Waals surface area contributed by atoms with Gasteiger partial charge in [0.05, 0.1) is 6.61 Å². The van der Waals surface area contributed by atoms with E-state index >= 15 is 0 Å². The van der Waals surface area contributed by atoms with Gasteiger partial charge >= 0.3 is 0 Å². The Hall–Kier alpha value is -0.120. The maximum Gasteiger partial charge on any atom is 0.0547 e. The largest absolute Gasteiger partial charge is 0.381 e. The molecule has 1 aliphatic rings. The van der Waals surface area contributed by atoms with Gasteiger partial charge in [-0.1, -0.05) is 20.8 Å². The molecule has 1 heterocycles. The number of nitrogens with one attached hydrogen (secondary N) is 1. The van der Waals surface area contributed by atoms with Crippen LogP contribution in [0.3, 0.4) is 0 Å². The minimum absolute atomic E-state index is 0.328. The van der Waals surface area contributed by atoms with E-state index in [4.69, 9.17) is 4.74 Å². The highest BCUT2D eigenvalue weighted by Gasteiger charge is 2.35. The fourth-order valence-electron chi connectivity index (χ4n) is 2.78. The Kier molecular flexibility index (Phi) is 4.77. The Bertz CT molecular complexity index is 204. The molecule has 0 spiro atoms. The molecule has 0 radical (unpaired) electrons. The molecular formula is C13H28N2O.